The van der Waals surface area contributed by atoms with Crippen LogP contribution in [0.4, 0.5) is 4.39 Å². The number of phenolic OH excluding ortho intramolecular Hbond substituents is 1. The number of rotatable bonds is 3. The summed E-state index contributed by atoms with van der Waals surface area (Å²) in [6.07, 6.45) is 0. The number of alkyl halides is 1. The molecule has 1 fully saturated rings. The fourth-order valence-corrected chi connectivity index (χ4v) is 3.29. The molecule has 0 aliphatic carbocycles. The van der Waals surface area contributed by atoms with Gasteiger partial charge in [0.25, 0.3) is 0 Å². The van der Waals surface area contributed by atoms with Crippen LogP contribution >= 0.6 is 0 Å². The van der Waals surface area contributed by atoms with Crippen molar-refractivity contribution in [2.75, 3.05) is 32.9 Å². The van der Waals surface area contributed by atoms with Crippen LogP contribution in [-0.4, -0.2) is 42.9 Å². The van der Waals surface area contributed by atoms with Crippen molar-refractivity contribution in [1.29, 1.82) is 0 Å². The van der Waals surface area contributed by atoms with Crippen molar-refractivity contribution < 1.29 is 9.50 Å². The lowest BCUT2D eigenvalue weighted by atomic mass is 9.78. The van der Waals surface area contributed by atoms with E-state index in [0.717, 1.165) is 42.9 Å². The highest BCUT2D eigenvalue weighted by Gasteiger charge is 2.30. The minimum absolute atomic E-state index is 0.0488. The van der Waals surface area contributed by atoms with Gasteiger partial charge < -0.3 is 10.4 Å². The molecule has 1 atom stereocenters. The maximum Gasteiger partial charge on any atom is 0.124 e. The summed E-state index contributed by atoms with van der Waals surface area (Å²) in [5.41, 5.74) is 2.54. The standard InChI is InChI=1S/C20H33FN2O/c1-19(2,3)14-11-15(18(24)16(12-14)20(4,5)6)17(13-21)23-9-7-22-8-10-23/h11-12,17,22,24H,7-10,13H2,1-6H3/t17-/m0/s1. The zero-order valence-electron chi connectivity index (χ0n) is 16.0. The summed E-state index contributed by atoms with van der Waals surface area (Å²) >= 11 is 0. The van der Waals surface area contributed by atoms with Crippen LogP contribution in [0.25, 0.3) is 0 Å². The van der Waals surface area contributed by atoms with Crippen molar-refractivity contribution >= 4 is 0 Å². The zero-order chi connectivity index (χ0) is 18.1. The maximum absolute atomic E-state index is 14.0. The Kier molecular flexibility index (Phi) is 5.61. The summed E-state index contributed by atoms with van der Waals surface area (Å²) in [7, 11) is 0. The van der Waals surface area contributed by atoms with Gasteiger partial charge in [-0.25, -0.2) is 4.39 Å². The van der Waals surface area contributed by atoms with Crippen LogP contribution in [0.15, 0.2) is 12.1 Å². The first-order valence-corrected chi connectivity index (χ1v) is 8.94. The van der Waals surface area contributed by atoms with Crippen LogP contribution in [0.1, 0.15) is 64.3 Å². The summed E-state index contributed by atoms with van der Waals surface area (Å²) in [6, 6.07) is 3.72. The molecule has 1 aliphatic rings. The largest absolute Gasteiger partial charge is 0.507 e. The van der Waals surface area contributed by atoms with E-state index >= 15 is 0 Å². The van der Waals surface area contributed by atoms with Gasteiger partial charge in [-0.1, -0.05) is 47.6 Å². The number of halogens is 1. The summed E-state index contributed by atoms with van der Waals surface area (Å²) in [4.78, 5) is 2.14. The Balaban J connectivity index is 2.57. The third-order valence-corrected chi connectivity index (χ3v) is 4.91. The molecule has 0 aromatic heterocycles. The molecular formula is C20H33FN2O. The van der Waals surface area contributed by atoms with Gasteiger partial charge in [-0.15, -0.1) is 0 Å². The Hall–Kier alpha value is -1.13. The first-order valence-electron chi connectivity index (χ1n) is 8.94. The molecule has 136 valence electrons. The number of piperazine rings is 1. The highest BCUT2D eigenvalue weighted by atomic mass is 19.1. The Morgan fingerprint density at radius 2 is 1.67 bits per heavy atom. The van der Waals surface area contributed by atoms with Gasteiger partial charge in [-0.05, 0) is 28.0 Å². The van der Waals surface area contributed by atoms with Crippen LogP contribution in [0.2, 0.25) is 0 Å². The van der Waals surface area contributed by atoms with Gasteiger partial charge in [-0.3, -0.25) is 4.90 Å². The predicted molar refractivity (Wildman–Crippen MR) is 98.7 cm³/mol. The average Bonchev–Trinajstić information content (AvgIpc) is 2.48. The number of nitrogens with zero attached hydrogens (tertiary/aromatic N) is 1. The highest BCUT2D eigenvalue weighted by molar-refractivity contribution is 5.50. The molecule has 0 radical (unpaired) electrons. The molecule has 2 N–H and O–H groups in total. The average molecular weight is 336 g/mol. The minimum Gasteiger partial charge on any atom is -0.507 e. The van der Waals surface area contributed by atoms with E-state index in [1.807, 2.05) is 6.07 Å². The van der Waals surface area contributed by atoms with Crippen molar-refractivity contribution in [2.45, 2.75) is 58.4 Å². The fourth-order valence-electron chi connectivity index (χ4n) is 3.29. The van der Waals surface area contributed by atoms with E-state index < -0.39 is 6.67 Å². The van der Waals surface area contributed by atoms with E-state index in [1.54, 1.807) is 0 Å². The van der Waals surface area contributed by atoms with Crippen LogP contribution in [0, 0.1) is 0 Å². The Bertz CT molecular complexity index is 566. The molecule has 1 saturated heterocycles. The van der Waals surface area contributed by atoms with E-state index in [2.05, 4.69) is 57.8 Å². The Morgan fingerprint density at radius 1 is 1.08 bits per heavy atom. The molecule has 1 aromatic rings. The quantitative estimate of drug-likeness (QED) is 0.879. The first kappa shape index (κ1) is 19.2. The van der Waals surface area contributed by atoms with Crippen LogP contribution < -0.4 is 5.32 Å². The van der Waals surface area contributed by atoms with Gasteiger partial charge in [0, 0.05) is 31.7 Å². The van der Waals surface area contributed by atoms with Gasteiger partial charge in [0.1, 0.15) is 12.4 Å². The molecule has 1 aromatic carbocycles. The predicted octanol–water partition coefficient (Wildman–Crippen LogP) is 3.90. The Labute approximate surface area is 146 Å². The highest BCUT2D eigenvalue weighted by Crippen LogP contribution is 2.41. The van der Waals surface area contributed by atoms with E-state index in [1.165, 1.54) is 0 Å². The normalized spacial score (nSPS) is 18.6. The monoisotopic (exact) mass is 336 g/mol. The SMILES string of the molecule is CC(C)(C)c1cc([C@H](CF)N2CCNCC2)c(O)c(C(C)(C)C)c1. The zero-order valence-corrected chi connectivity index (χ0v) is 16.0. The number of hydrogen-bond acceptors (Lipinski definition) is 3. The van der Waals surface area contributed by atoms with Crippen LogP contribution in [0.3, 0.4) is 0 Å². The topological polar surface area (TPSA) is 35.5 Å². The number of phenols is 1. The molecule has 0 spiro atoms. The molecular weight excluding hydrogens is 303 g/mol. The number of hydrogen-bond donors (Lipinski definition) is 2. The van der Waals surface area contributed by atoms with Gasteiger partial charge in [0.05, 0.1) is 6.04 Å². The molecule has 0 bridgehead atoms. The number of benzene rings is 1. The number of aromatic hydroxyl groups is 1. The van der Waals surface area contributed by atoms with Crippen LogP contribution in [-0.2, 0) is 10.8 Å². The van der Waals surface area contributed by atoms with Gasteiger partial charge >= 0.3 is 0 Å². The molecule has 2 rings (SSSR count). The van der Waals surface area contributed by atoms with Crippen molar-refractivity contribution in [2.24, 2.45) is 0 Å². The minimum atomic E-state index is -0.481. The lowest BCUT2D eigenvalue weighted by molar-refractivity contribution is 0.145. The smallest absolute Gasteiger partial charge is 0.124 e. The van der Waals surface area contributed by atoms with Gasteiger partial charge in [0.15, 0.2) is 0 Å². The lowest BCUT2D eigenvalue weighted by Gasteiger charge is -2.36. The molecule has 1 heterocycles. The molecule has 4 heteroatoms. The molecule has 0 unspecified atom stereocenters. The van der Waals surface area contributed by atoms with E-state index in [0.29, 0.717) is 0 Å². The van der Waals surface area contributed by atoms with E-state index in [4.69, 9.17) is 0 Å². The summed E-state index contributed by atoms with van der Waals surface area (Å²) in [5, 5.41) is 14.2. The second-order valence-electron chi connectivity index (χ2n) is 8.92. The molecule has 24 heavy (non-hydrogen) atoms. The van der Waals surface area contributed by atoms with Crippen molar-refractivity contribution in [1.82, 2.24) is 10.2 Å². The first-order chi connectivity index (χ1) is 11.1. The van der Waals surface area contributed by atoms with E-state index in [-0.39, 0.29) is 22.6 Å². The molecule has 1 aliphatic heterocycles. The second kappa shape index (κ2) is 7.01. The third-order valence-electron chi connectivity index (χ3n) is 4.91. The van der Waals surface area contributed by atoms with Crippen molar-refractivity contribution in [3.05, 3.63) is 28.8 Å². The van der Waals surface area contributed by atoms with Crippen molar-refractivity contribution in [3.63, 3.8) is 0 Å². The summed E-state index contributed by atoms with van der Waals surface area (Å²) in [6.45, 7) is 15.6. The van der Waals surface area contributed by atoms with Crippen LogP contribution in [0.5, 0.6) is 5.75 Å². The second-order valence-corrected chi connectivity index (χ2v) is 8.92. The van der Waals surface area contributed by atoms with Gasteiger partial charge in [0.2, 0.25) is 0 Å². The van der Waals surface area contributed by atoms with Gasteiger partial charge in [-0.2, -0.15) is 0 Å². The fraction of sp³-hybridized carbons (Fsp3) is 0.700. The number of nitrogens with one attached hydrogen (secondary N) is 1. The lowest BCUT2D eigenvalue weighted by Crippen LogP contribution is -2.45. The maximum atomic E-state index is 14.0. The summed E-state index contributed by atoms with van der Waals surface area (Å²) < 4.78 is 14.0. The molecule has 3 nitrogen and oxygen atoms in total. The van der Waals surface area contributed by atoms with E-state index in [9.17, 15) is 9.50 Å². The molecule has 0 amide bonds. The Morgan fingerprint density at radius 3 is 2.12 bits per heavy atom. The molecule has 0 saturated carbocycles. The third kappa shape index (κ3) is 4.09. The van der Waals surface area contributed by atoms with Crippen molar-refractivity contribution in [3.8, 4) is 5.75 Å². The summed E-state index contributed by atoms with van der Waals surface area (Å²) in [5.74, 6) is 0.261.